The van der Waals surface area contributed by atoms with E-state index < -0.39 is 137 Å². The normalized spacial score (nSPS) is 17.8. The summed E-state index contributed by atoms with van der Waals surface area (Å²) < 4.78 is 200. The van der Waals surface area contributed by atoms with Crippen LogP contribution in [0.2, 0.25) is 0 Å². The summed E-state index contributed by atoms with van der Waals surface area (Å²) in [5.41, 5.74) is -1.56. The lowest BCUT2D eigenvalue weighted by atomic mass is 9.96. The first-order chi connectivity index (χ1) is 34.9. The van der Waals surface area contributed by atoms with Gasteiger partial charge >= 0.3 is 0 Å². The Morgan fingerprint density at radius 1 is 0.519 bits per heavy atom. The number of hydrogen-bond acceptors (Lipinski definition) is 4. The Hall–Kier alpha value is -6.62. The maximum Gasteiger partial charge on any atom is 0.143 e. The second kappa shape index (κ2) is 11.5. The third-order valence-electron chi connectivity index (χ3n) is 8.60. The third-order valence-corrected chi connectivity index (χ3v) is 9.77. The molecule has 242 valence electrons. The molecule has 11 rings (SSSR count). The van der Waals surface area contributed by atoms with Crippen LogP contribution in [0.1, 0.15) is 30.2 Å². The number of benzene rings is 8. The number of furan rings is 1. The van der Waals surface area contributed by atoms with Crippen molar-refractivity contribution < 1.29 is 34.6 Å². The van der Waals surface area contributed by atoms with Crippen molar-refractivity contribution in [3.8, 4) is 44.6 Å². The van der Waals surface area contributed by atoms with Gasteiger partial charge < -0.3 is 4.42 Å². The van der Waals surface area contributed by atoms with E-state index in [2.05, 4.69) is 9.97 Å². The molecule has 0 saturated carbocycles. The summed E-state index contributed by atoms with van der Waals surface area (Å²) in [6.07, 6.45) is 1.19. The number of fused-ring (bicyclic) bond motifs is 8. The summed E-state index contributed by atoms with van der Waals surface area (Å²) in [4.78, 5) is 9.02. The Kier molecular flexibility index (Phi) is 3.29. The van der Waals surface area contributed by atoms with Crippen molar-refractivity contribution in [2.75, 3.05) is 0 Å². The Morgan fingerprint density at radius 2 is 1.27 bits per heavy atom. The largest absolute Gasteiger partial charge is 0.455 e. The predicted molar refractivity (Wildman–Crippen MR) is 219 cm³/mol. The SMILES string of the molecule is [2H]c1cc([2H])c(-c2ncnc3c2sc2ccc(-c4cc([2H])c5c([2H])c(-c6c([2H])c([2H])c7c([2H])c([2H])c([2H])c([2H])c7c6[2H])c([2H])c([2H])c5c4[2H])cc23)c([2H])c1-c1c([2H])c([2H])c([2H])c2c1oc1c([2H])c([2H])c([2H])c([2H])c12. The van der Waals surface area contributed by atoms with E-state index in [1.54, 1.807) is 18.2 Å². The van der Waals surface area contributed by atoms with E-state index in [-0.39, 0.29) is 78.8 Å². The molecule has 0 aliphatic heterocycles. The molecule has 0 spiro atoms. The van der Waals surface area contributed by atoms with Gasteiger partial charge in [0, 0.05) is 32.0 Å². The second-order valence-electron chi connectivity index (χ2n) is 11.6. The highest BCUT2D eigenvalue weighted by Gasteiger charge is 2.17. The van der Waals surface area contributed by atoms with E-state index in [4.69, 9.17) is 30.5 Å². The van der Waals surface area contributed by atoms with Gasteiger partial charge in [0.2, 0.25) is 0 Å². The summed E-state index contributed by atoms with van der Waals surface area (Å²) in [6, 6.07) is -5.55. The highest BCUT2D eigenvalue weighted by molar-refractivity contribution is 7.26. The molecular weight excluding hydrogens is 653 g/mol. The first kappa shape index (κ1) is 14.9. The molecule has 3 nitrogen and oxygen atoms in total. The number of rotatable bonds is 4. The van der Waals surface area contributed by atoms with Crippen molar-refractivity contribution in [1.29, 1.82) is 0 Å². The van der Waals surface area contributed by atoms with Crippen LogP contribution in [0, 0.1) is 0 Å². The Balaban J connectivity index is 1.08. The van der Waals surface area contributed by atoms with Gasteiger partial charge in [-0.15, -0.1) is 11.3 Å². The van der Waals surface area contributed by atoms with Gasteiger partial charge in [-0.1, -0.05) is 121 Å². The number of thiophene rings is 1. The second-order valence-corrected chi connectivity index (χ2v) is 12.7. The van der Waals surface area contributed by atoms with Gasteiger partial charge in [0.25, 0.3) is 0 Å². The van der Waals surface area contributed by atoms with E-state index in [0.717, 1.165) is 6.07 Å². The van der Waals surface area contributed by atoms with E-state index in [1.165, 1.54) is 23.7 Å². The molecule has 8 aromatic carbocycles. The maximum atomic E-state index is 9.56. The summed E-state index contributed by atoms with van der Waals surface area (Å²) in [5.74, 6) is 0. The van der Waals surface area contributed by atoms with Gasteiger partial charge in [0.05, 0.1) is 46.1 Å². The average molecular weight is 703 g/mol. The third kappa shape index (κ3) is 4.65. The van der Waals surface area contributed by atoms with E-state index >= 15 is 0 Å². The fraction of sp³-hybridized carbons (Fsp3) is 0. The lowest BCUT2D eigenvalue weighted by Gasteiger charge is -2.08. The van der Waals surface area contributed by atoms with Crippen LogP contribution in [0.15, 0.2) is 174 Å². The molecule has 4 heteroatoms. The van der Waals surface area contributed by atoms with Crippen LogP contribution in [0.25, 0.3) is 108 Å². The molecule has 0 fully saturated rings. The van der Waals surface area contributed by atoms with Crippen LogP contribution in [-0.4, -0.2) is 9.97 Å². The first-order valence-corrected chi connectivity index (χ1v) is 16.5. The molecule has 0 N–H and O–H groups in total. The van der Waals surface area contributed by atoms with Gasteiger partial charge in [-0.05, 0) is 91.7 Å². The number of para-hydroxylation sites is 2. The predicted octanol–water partition coefficient (Wildman–Crippen LogP) is 13.7. The Bertz CT molecular complexity index is 4470. The lowest BCUT2D eigenvalue weighted by Crippen LogP contribution is -1.87. The molecule has 0 amide bonds. The highest BCUT2D eigenvalue weighted by Crippen LogP contribution is 2.42. The quantitative estimate of drug-likeness (QED) is 0.183. The fourth-order valence-electron chi connectivity index (χ4n) is 6.18. The lowest BCUT2D eigenvalue weighted by molar-refractivity contribution is 0.670. The van der Waals surface area contributed by atoms with E-state index in [9.17, 15) is 4.11 Å². The van der Waals surface area contributed by atoms with Crippen LogP contribution in [-0.2, 0) is 0 Å². The topological polar surface area (TPSA) is 38.9 Å². The zero-order chi connectivity index (χ0) is 53.3. The van der Waals surface area contributed by atoms with Crippen LogP contribution in [0.3, 0.4) is 0 Å². The zero-order valence-corrected chi connectivity index (χ0v) is 27.0. The van der Waals surface area contributed by atoms with E-state index in [0.29, 0.717) is 25.9 Å². The summed E-state index contributed by atoms with van der Waals surface area (Å²) in [7, 11) is 0. The van der Waals surface area contributed by atoms with Gasteiger partial charge in [0.1, 0.15) is 17.5 Å². The standard InChI is InChI=1S/C48H28N2OS/c1-2-8-30-23-31(16-15-29(30)7-1)32-17-18-34-25-35(20-19-33(34)24-32)36-21-22-44-42(27-36)46-48(52-44)45(49-28-50-46)38-10-5-9-37(26-38)39-12-6-13-41-40-11-3-4-14-43(40)51-47(39)41/h1-28H/i1D,2D,3D,4D,6D,7D,8D,9D,10D,11D,12D,13D,14D,15D,16D,17D,18D,19D,23D,24D,25D,26D. The van der Waals surface area contributed by atoms with Crippen molar-refractivity contribution in [1.82, 2.24) is 9.97 Å². The number of hydrogen-bond donors (Lipinski definition) is 0. The smallest absolute Gasteiger partial charge is 0.143 e. The molecule has 3 aromatic heterocycles. The molecule has 11 aromatic rings. The molecule has 0 unspecified atom stereocenters. The fourth-order valence-corrected chi connectivity index (χ4v) is 7.31. The Morgan fingerprint density at radius 3 is 2.19 bits per heavy atom. The van der Waals surface area contributed by atoms with E-state index in [1.807, 2.05) is 0 Å². The molecule has 0 aliphatic carbocycles. The van der Waals surface area contributed by atoms with Gasteiger partial charge in [-0.25, -0.2) is 9.97 Å². The minimum atomic E-state index is -0.729. The van der Waals surface area contributed by atoms with Crippen molar-refractivity contribution >= 4 is 75.1 Å². The number of nitrogens with zero attached hydrogens (tertiary/aromatic N) is 2. The minimum Gasteiger partial charge on any atom is -0.455 e. The molecule has 0 atom stereocenters. The molecule has 0 saturated heterocycles. The van der Waals surface area contributed by atoms with Crippen molar-refractivity contribution in [3.63, 3.8) is 0 Å². The summed E-state index contributed by atoms with van der Waals surface area (Å²) >= 11 is 1.18. The molecular formula is C48H28N2OS. The van der Waals surface area contributed by atoms with Crippen LogP contribution in [0.4, 0.5) is 0 Å². The van der Waals surface area contributed by atoms with Gasteiger partial charge in [-0.2, -0.15) is 0 Å². The van der Waals surface area contributed by atoms with Crippen LogP contribution < -0.4 is 0 Å². The summed E-state index contributed by atoms with van der Waals surface area (Å²) in [6.45, 7) is 0. The number of aromatic nitrogens is 2. The zero-order valence-electron chi connectivity index (χ0n) is 48.2. The van der Waals surface area contributed by atoms with Crippen LogP contribution >= 0.6 is 11.3 Å². The van der Waals surface area contributed by atoms with Gasteiger partial charge in [0.15, 0.2) is 0 Å². The molecule has 0 radical (unpaired) electrons. The maximum absolute atomic E-state index is 9.56. The molecule has 52 heavy (non-hydrogen) atoms. The highest BCUT2D eigenvalue weighted by atomic mass is 32.1. The monoisotopic (exact) mass is 702 g/mol. The van der Waals surface area contributed by atoms with Crippen molar-refractivity contribution in [2.45, 2.75) is 0 Å². The molecule has 3 heterocycles. The molecule has 0 bridgehead atoms. The van der Waals surface area contributed by atoms with Gasteiger partial charge in [-0.3, -0.25) is 0 Å². The first-order valence-electron chi connectivity index (χ1n) is 26.7. The van der Waals surface area contributed by atoms with Crippen LogP contribution in [0.5, 0.6) is 0 Å². The molecule has 0 aliphatic rings. The Labute approximate surface area is 334 Å². The summed E-state index contributed by atoms with van der Waals surface area (Å²) in [5, 5.41) is -1.30. The average Bonchev–Trinajstić information content (AvgIpc) is 3.97. The van der Waals surface area contributed by atoms with Crippen molar-refractivity contribution in [2.24, 2.45) is 0 Å². The minimum absolute atomic E-state index is 0.0705. The van der Waals surface area contributed by atoms with Crippen molar-refractivity contribution in [3.05, 3.63) is 170 Å².